The zero-order chi connectivity index (χ0) is 11.3. The van der Waals surface area contributed by atoms with Gasteiger partial charge in [-0.2, -0.15) is 0 Å². The molecule has 0 saturated carbocycles. The van der Waals surface area contributed by atoms with Crippen LogP contribution >= 0.6 is 11.3 Å². The molecule has 0 spiro atoms. The van der Waals surface area contributed by atoms with Crippen molar-refractivity contribution < 1.29 is 0 Å². The van der Waals surface area contributed by atoms with E-state index in [1.165, 1.54) is 0 Å². The van der Waals surface area contributed by atoms with Crippen molar-refractivity contribution in [3.63, 3.8) is 0 Å². The van der Waals surface area contributed by atoms with Gasteiger partial charge in [0.05, 0.1) is 10.7 Å². The summed E-state index contributed by atoms with van der Waals surface area (Å²) in [5, 5.41) is 6.57. The van der Waals surface area contributed by atoms with Crippen molar-refractivity contribution >= 4 is 11.3 Å². The van der Waals surface area contributed by atoms with Gasteiger partial charge in [0, 0.05) is 24.0 Å². The Hall–Kier alpha value is -0.450. The Bertz CT molecular complexity index is 294. The van der Waals surface area contributed by atoms with E-state index in [1.54, 1.807) is 11.3 Å². The van der Waals surface area contributed by atoms with Crippen molar-refractivity contribution in [2.24, 2.45) is 5.73 Å². The van der Waals surface area contributed by atoms with Crippen LogP contribution in [0.15, 0.2) is 5.38 Å². The lowest BCUT2D eigenvalue weighted by molar-refractivity contribution is 0.395. The summed E-state index contributed by atoms with van der Waals surface area (Å²) in [7, 11) is 0. The van der Waals surface area contributed by atoms with Crippen LogP contribution in [0.2, 0.25) is 0 Å². The van der Waals surface area contributed by atoms with Crippen LogP contribution in [-0.4, -0.2) is 17.1 Å². The highest BCUT2D eigenvalue weighted by atomic mass is 32.1. The molecule has 1 aromatic rings. The minimum Gasteiger partial charge on any atom is -0.324 e. The maximum absolute atomic E-state index is 6.12. The van der Waals surface area contributed by atoms with E-state index in [0.717, 1.165) is 36.6 Å². The van der Waals surface area contributed by atoms with Gasteiger partial charge in [-0.3, -0.25) is 0 Å². The molecule has 0 aliphatic heterocycles. The average molecular weight is 227 g/mol. The molecule has 3 N–H and O–H groups in total. The number of nitrogens with one attached hydrogen (secondary N) is 1. The summed E-state index contributed by atoms with van der Waals surface area (Å²) in [4.78, 5) is 4.39. The molecule has 1 atom stereocenters. The molecule has 0 fully saturated rings. The predicted molar refractivity (Wildman–Crippen MR) is 66.1 cm³/mol. The lowest BCUT2D eigenvalue weighted by Gasteiger charge is -2.24. The van der Waals surface area contributed by atoms with Crippen LogP contribution in [0.25, 0.3) is 0 Å². The summed E-state index contributed by atoms with van der Waals surface area (Å²) in [5.41, 5.74) is 7.13. The van der Waals surface area contributed by atoms with Crippen molar-refractivity contribution in [3.8, 4) is 0 Å². The number of hydrogen-bond acceptors (Lipinski definition) is 4. The van der Waals surface area contributed by atoms with Crippen LogP contribution in [0, 0.1) is 6.92 Å². The summed E-state index contributed by atoms with van der Waals surface area (Å²) in [5.74, 6) is 0. The maximum Gasteiger partial charge on any atom is 0.0897 e. The van der Waals surface area contributed by atoms with Crippen LogP contribution in [0.1, 0.15) is 37.4 Å². The second-order valence-corrected chi connectivity index (χ2v) is 5.43. The van der Waals surface area contributed by atoms with Crippen LogP contribution in [-0.2, 0) is 6.54 Å². The topological polar surface area (TPSA) is 50.9 Å². The SMILES string of the molecule is CCCC(C)(N)CNCc1csc(C)n1. The Morgan fingerprint density at radius 1 is 1.60 bits per heavy atom. The van der Waals surface area contributed by atoms with Crippen molar-refractivity contribution in [3.05, 3.63) is 16.1 Å². The normalized spacial score (nSPS) is 15.2. The van der Waals surface area contributed by atoms with Gasteiger partial charge in [0.2, 0.25) is 0 Å². The Balaban J connectivity index is 2.27. The molecule has 15 heavy (non-hydrogen) atoms. The molecule has 4 heteroatoms. The number of rotatable bonds is 6. The van der Waals surface area contributed by atoms with Crippen LogP contribution < -0.4 is 11.1 Å². The molecule has 0 bridgehead atoms. The largest absolute Gasteiger partial charge is 0.324 e. The highest BCUT2D eigenvalue weighted by Crippen LogP contribution is 2.09. The number of thiazole rings is 1. The number of nitrogens with two attached hydrogens (primary N) is 1. The fourth-order valence-electron chi connectivity index (χ4n) is 1.63. The number of nitrogens with zero attached hydrogens (tertiary/aromatic N) is 1. The Morgan fingerprint density at radius 2 is 2.33 bits per heavy atom. The molecule has 0 amide bonds. The Morgan fingerprint density at radius 3 is 2.87 bits per heavy atom. The Labute approximate surface area is 96.1 Å². The third kappa shape index (κ3) is 4.73. The monoisotopic (exact) mass is 227 g/mol. The molecular formula is C11H21N3S. The van der Waals surface area contributed by atoms with Gasteiger partial charge < -0.3 is 11.1 Å². The third-order valence-electron chi connectivity index (χ3n) is 2.32. The fraction of sp³-hybridized carbons (Fsp3) is 0.727. The highest BCUT2D eigenvalue weighted by Gasteiger charge is 2.16. The van der Waals surface area contributed by atoms with E-state index in [1.807, 2.05) is 6.92 Å². The molecule has 86 valence electrons. The van der Waals surface area contributed by atoms with Gasteiger partial charge in [0.1, 0.15) is 0 Å². The van der Waals surface area contributed by atoms with E-state index >= 15 is 0 Å². The number of aromatic nitrogens is 1. The minimum absolute atomic E-state index is 0.0974. The van der Waals surface area contributed by atoms with Gasteiger partial charge in [0.25, 0.3) is 0 Å². The summed E-state index contributed by atoms with van der Waals surface area (Å²) in [6.07, 6.45) is 2.18. The molecule has 0 aromatic carbocycles. The molecule has 0 radical (unpaired) electrons. The van der Waals surface area contributed by atoms with Gasteiger partial charge in [-0.25, -0.2) is 4.98 Å². The number of hydrogen-bond donors (Lipinski definition) is 2. The molecular weight excluding hydrogens is 206 g/mol. The first-order valence-corrected chi connectivity index (χ1v) is 6.32. The van der Waals surface area contributed by atoms with E-state index in [9.17, 15) is 0 Å². The Kier molecular flexibility index (Phi) is 4.70. The standard InChI is InChI=1S/C11H21N3S/c1-4-5-11(3,12)8-13-6-10-7-15-9(2)14-10/h7,13H,4-6,8,12H2,1-3H3. The van der Waals surface area contributed by atoms with Crippen LogP contribution in [0.4, 0.5) is 0 Å². The molecule has 1 heterocycles. The second-order valence-electron chi connectivity index (χ2n) is 4.37. The smallest absolute Gasteiger partial charge is 0.0897 e. The van der Waals surface area contributed by atoms with E-state index in [-0.39, 0.29) is 5.54 Å². The van der Waals surface area contributed by atoms with Gasteiger partial charge in [-0.1, -0.05) is 13.3 Å². The van der Waals surface area contributed by atoms with Gasteiger partial charge in [-0.05, 0) is 20.3 Å². The van der Waals surface area contributed by atoms with E-state index in [0.29, 0.717) is 0 Å². The fourth-order valence-corrected chi connectivity index (χ4v) is 2.24. The molecule has 0 aliphatic carbocycles. The summed E-state index contributed by atoms with van der Waals surface area (Å²) in [6, 6.07) is 0. The molecule has 0 aliphatic rings. The molecule has 0 saturated heterocycles. The van der Waals surface area contributed by atoms with Gasteiger partial charge in [-0.15, -0.1) is 11.3 Å². The van der Waals surface area contributed by atoms with Crippen molar-refractivity contribution in [2.75, 3.05) is 6.54 Å². The number of aryl methyl sites for hydroxylation is 1. The molecule has 1 unspecified atom stereocenters. The van der Waals surface area contributed by atoms with Crippen molar-refractivity contribution in [1.82, 2.24) is 10.3 Å². The van der Waals surface area contributed by atoms with Gasteiger partial charge >= 0.3 is 0 Å². The second kappa shape index (κ2) is 5.58. The van der Waals surface area contributed by atoms with Crippen LogP contribution in [0.5, 0.6) is 0 Å². The minimum atomic E-state index is -0.0974. The average Bonchev–Trinajstić information content (AvgIpc) is 2.51. The van der Waals surface area contributed by atoms with Crippen molar-refractivity contribution in [1.29, 1.82) is 0 Å². The van der Waals surface area contributed by atoms with E-state index < -0.39 is 0 Å². The first kappa shape index (κ1) is 12.6. The third-order valence-corrected chi connectivity index (χ3v) is 3.14. The summed E-state index contributed by atoms with van der Waals surface area (Å²) >= 11 is 1.69. The van der Waals surface area contributed by atoms with E-state index in [4.69, 9.17) is 5.73 Å². The first-order valence-electron chi connectivity index (χ1n) is 5.44. The zero-order valence-electron chi connectivity index (χ0n) is 9.84. The predicted octanol–water partition coefficient (Wildman–Crippen LogP) is 2.06. The van der Waals surface area contributed by atoms with Crippen LogP contribution in [0.3, 0.4) is 0 Å². The quantitative estimate of drug-likeness (QED) is 0.782. The lowest BCUT2D eigenvalue weighted by atomic mass is 9.98. The maximum atomic E-state index is 6.12. The molecule has 1 aromatic heterocycles. The first-order chi connectivity index (χ1) is 7.03. The lowest BCUT2D eigenvalue weighted by Crippen LogP contribution is -2.45. The zero-order valence-corrected chi connectivity index (χ0v) is 10.7. The summed E-state index contributed by atoms with van der Waals surface area (Å²) in [6.45, 7) is 7.95. The van der Waals surface area contributed by atoms with E-state index in [2.05, 4.69) is 29.5 Å². The highest BCUT2D eigenvalue weighted by molar-refractivity contribution is 7.09. The van der Waals surface area contributed by atoms with Gasteiger partial charge in [0.15, 0.2) is 0 Å². The van der Waals surface area contributed by atoms with Crippen molar-refractivity contribution in [2.45, 2.75) is 45.7 Å². The molecule has 3 nitrogen and oxygen atoms in total. The summed E-state index contributed by atoms with van der Waals surface area (Å²) < 4.78 is 0. The molecule has 1 rings (SSSR count).